The molecule has 2 atom stereocenters. The van der Waals surface area contributed by atoms with Gasteiger partial charge < -0.3 is 24.4 Å². The van der Waals surface area contributed by atoms with E-state index in [-0.39, 0.29) is 24.5 Å². The second-order valence-corrected chi connectivity index (χ2v) is 6.14. The normalized spacial score (nSPS) is 20.9. The topological polar surface area (TPSA) is 62.2 Å². The number of hydrogen-bond acceptors (Lipinski definition) is 5. The molecule has 1 saturated heterocycles. The first kappa shape index (κ1) is 17.6. The van der Waals surface area contributed by atoms with Crippen LogP contribution in [-0.2, 0) is 11.2 Å². The Morgan fingerprint density at radius 2 is 1.96 bits per heavy atom. The third kappa shape index (κ3) is 3.95. The number of hydrogen-bond donors (Lipinski definition) is 1. The molecule has 0 unspecified atom stereocenters. The zero-order valence-electron chi connectivity index (χ0n) is 14.3. The third-order valence-electron chi connectivity index (χ3n) is 4.46. The number of likely N-dealkylation sites (N-methyl/N-ethyl adjacent to an activating group) is 1. The summed E-state index contributed by atoms with van der Waals surface area (Å²) in [7, 11) is 7.13. The van der Waals surface area contributed by atoms with Crippen molar-refractivity contribution in [1.82, 2.24) is 9.80 Å². The number of rotatable bonds is 6. The quantitative estimate of drug-likeness (QED) is 0.832. The molecule has 0 aromatic heterocycles. The SMILES string of the molecule is COc1ccc(CC(=O)N2C[C@@H](CO)[C@H](N(C)C)C2)cc1OC. The van der Waals surface area contributed by atoms with Crippen LogP contribution >= 0.6 is 0 Å². The largest absolute Gasteiger partial charge is 0.493 e. The second kappa shape index (κ2) is 7.66. The van der Waals surface area contributed by atoms with Gasteiger partial charge in [0.05, 0.1) is 20.6 Å². The Morgan fingerprint density at radius 3 is 2.48 bits per heavy atom. The van der Waals surface area contributed by atoms with Gasteiger partial charge >= 0.3 is 0 Å². The number of aliphatic hydroxyl groups is 1. The highest BCUT2D eigenvalue weighted by atomic mass is 16.5. The van der Waals surface area contributed by atoms with E-state index >= 15 is 0 Å². The van der Waals surface area contributed by atoms with Gasteiger partial charge in [0.15, 0.2) is 11.5 Å². The molecule has 0 aliphatic carbocycles. The van der Waals surface area contributed by atoms with Gasteiger partial charge in [-0.25, -0.2) is 0 Å². The molecule has 0 radical (unpaired) electrons. The number of benzene rings is 1. The zero-order valence-corrected chi connectivity index (χ0v) is 14.3. The Morgan fingerprint density at radius 1 is 1.26 bits per heavy atom. The van der Waals surface area contributed by atoms with Crippen molar-refractivity contribution < 1.29 is 19.4 Å². The highest BCUT2D eigenvalue weighted by Gasteiger charge is 2.35. The highest BCUT2D eigenvalue weighted by molar-refractivity contribution is 5.79. The van der Waals surface area contributed by atoms with E-state index in [1.165, 1.54) is 0 Å². The highest BCUT2D eigenvalue weighted by Crippen LogP contribution is 2.28. The lowest BCUT2D eigenvalue weighted by atomic mass is 10.0. The first-order valence-corrected chi connectivity index (χ1v) is 7.76. The average molecular weight is 322 g/mol. The first-order chi connectivity index (χ1) is 11.0. The van der Waals surface area contributed by atoms with Crippen molar-refractivity contribution in [2.45, 2.75) is 12.5 Å². The molecule has 6 nitrogen and oxygen atoms in total. The van der Waals surface area contributed by atoms with Crippen molar-refractivity contribution in [3.8, 4) is 11.5 Å². The number of likely N-dealkylation sites (tertiary alicyclic amines) is 1. The predicted molar refractivity (Wildman–Crippen MR) is 87.9 cm³/mol. The zero-order chi connectivity index (χ0) is 17.0. The van der Waals surface area contributed by atoms with E-state index in [0.717, 1.165) is 5.56 Å². The number of aliphatic hydroxyl groups excluding tert-OH is 1. The monoisotopic (exact) mass is 322 g/mol. The van der Waals surface area contributed by atoms with E-state index in [4.69, 9.17) is 9.47 Å². The van der Waals surface area contributed by atoms with Gasteiger partial charge in [-0.3, -0.25) is 4.79 Å². The lowest BCUT2D eigenvalue weighted by Gasteiger charge is -2.23. The summed E-state index contributed by atoms with van der Waals surface area (Å²) in [6.45, 7) is 1.36. The van der Waals surface area contributed by atoms with Crippen molar-refractivity contribution in [2.75, 3.05) is 48.0 Å². The molecule has 6 heteroatoms. The minimum absolute atomic E-state index is 0.0695. The Bertz CT molecular complexity index is 547. The van der Waals surface area contributed by atoms with Crippen LogP contribution in [0, 0.1) is 5.92 Å². The van der Waals surface area contributed by atoms with Crippen LogP contribution in [0.5, 0.6) is 11.5 Å². The fraction of sp³-hybridized carbons (Fsp3) is 0.588. The van der Waals surface area contributed by atoms with E-state index in [1.807, 2.05) is 37.2 Å². The molecule has 1 aliphatic heterocycles. The van der Waals surface area contributed by atoms with E-state index in [1.54, 1.807) is 14.2 Å². The standard InChI is InChI=1S/C17H26N2O4/c1-18(2)14-10-19(9-13(14)11-20)17(21)8-12-5-6-15(22-3)16(7-12)23-4/h5-7,13-14,20H,8-11H2,1-4H3/t13-,14+/m0/s1. The third-order valence-corrected chi connectivity index (χ3v) is 4.46. The summed E-state index contributed by atoms with van der Waals surface area (Å²) in [6, 6.07) is 5.72. The van der Waals surface area contributed by atoms with Crippen LogP contribution in [0.4, 0.5) is 0 Å². The number of amides is 1. The Hall–Kier alpha value is -1.79. The van der Waals surface area contributed by atoms with Crippen LogP contribution in [0.3, 0.4) is 0 Å². The van der Waals surface area contributed by atoms with Crippen LogP contribution in [0.15, 0.2) is 18.2 Å². The second-order valence-electron chi connectivity index (χ2n) is 6.14. The number of methoxy groups -OCH3 is 2. The fourth-order valence-electron chi connectivity index (χ4n) is 3.10. The maximum absolute atomic E-state index is 12.6. The average Bonchev–Trinajstić information content (AvgIpc) is 2.99. The summed E-state index contributed by atoms with van der Waals surface area (Å²) in [6.07, 6.45) is 0.318. The molecule has 1 heterocycles. The van der Waals surface area contributed by atoms with Gasteiger partial charge in [-0.05, 0) is 31.8 Å². The van der Waals surface area contributed by atoms with Gasteiger partial charge in [0.2, 0.25) is 5.91 Å². The van der Waals surface area contributed by atoms with Gasteiger partial charge in [-0.2, -0.15) is 0 Å². The maximum atomic E-state index is 12.6. The van der Waals surface area contributed by atoms with Crippen molar-refractivity contribution >= 4 is 5.91 Å². The smallest absolute Gasteiger partial charge is 0.227 e. The van der Waals surface area contributed by atoms with E-state index < -0.39 is 0 Å². The molecule has 23 heavy (non-hydrogen) atoms. The van der Waals surface area contributed by atoms with Gasteiger partial charge in [0, 0.05) is 31.7 Å². The molecule has 1 fully saturated rings. The number of nitrogens with zero attached hydrogens (tertiary/aromatic N) is 2. The van der Waals surface area contributed by atoms with E-state index in [2.05, 4.69) is 4.90 Å². The van der Waals surface area contributed by atoms with Gasteiger partial charge in [0.1, 0.15) is 0 Å². The maximum Gasteiger partial charge on any atom is 0.227 e. The summed E-state index contributed by atoms with van der Waals surface area (Å²) in [4.78, 5) is 16.5. The van der Waals surface area contributed by atoms with Crippen LogP contribution in [-0.4, -0.2) is 74.9 Å². The summed E-state index contributed by atoms with van der Waals surface area (Å²) in [5.74, 6) is 1.45. The number of carbonyl (C=O) groups is 1. The van der Waals surface area contributed by atoms with Crippen molar-refractivity contribution in [3.05, 3.63) is 23.8 Å². The predicted octanol–water partition coefficient (Wildman–Crippen LogP) is 0.627. The molecular formula is C17H26N2O4. The number of ether oxygens (including phenoxy) is 2. The summed E-state index contributed by atoms with van der Waals surface area (Å²) >= 11 is 0. The molecule has 1 aliphatic rings. The summed E-state index contributed by atoms with van der Waals surface area (Å²) in [5.41, 5.74) is 0.890. The van der Waals surface area contributed by atoms with Crippen LogP contribution in [0.1, 0.15) is 5.56 Å². The van der Waals surface area contributed by atoms with Crippen molar-refractivity contribution in [3.63, 3.8) is 0 Å². The van der Waals surface area contributed by atoms with Gasteiger partial charge in [0.25, 0.3) is 0 Å². The summed E-state index contributed by atoms with van der Waals surface area (Å²) in [5, 5.41) is 9.51. The molecular weight excluding hydrogens is 296 g/mol. The molecule has 128 valence electrons. The van der Waals surface area contributed by atoms with Gasteiger partial charge in [-0.15, -0.1) is 0 Å². The van der Waals surface area contributed by atoms with Crippen LogP contribution in [0.2, 0.25) is 0 Å². The van der Waals surface area contributed by atoms with Gasteiger partial charge in [-0.1, -0.05) is 6.07 Å². The van der Waals surface area contributed by atoms with Crippen molar-refractivity contribution in [1.29, 1.82) is 0 Å². The lowest BCUT2D eigenvalue weighted by molar-refractivity contribution is -0.129. The van der Waals surface area contributed by atoms with Crippen molar-refractivity contribution in [2.24, 2.45) is 5.92 Å². The molecule has 0 spiro atoms. The molecule has 1 aromatic rings. The van der Waals surface area contributed by atoms with E-state index in [0.29, 0.717) is 31.0 Å². The molecule has 1 amide bonds. The van der Waals surface area contributed by atoms with Crippen LogP contribution < -0.4 is 9.47 Å². The summed E-state index contributed by atoms with van der Waals surface area (Å²) < 4.78 is 10.5. The van der Waals surface area contributed by atoms with E-state index in [9.17, 15) is 9.90 Å². The number of carbonyl (C=O) groups excluding carboxylic acids is 1. The molecule has 0 bridgehead atoms. The lowest BCUT2D eigenvalue weighted by Crippen LogP contribution is -2.37. The fourth-order valence-corrected chi connectivity index (χ4v) is 3.10. The Labute approximate surface area is 137 Å². The minimum atomic E-state index is 0.0695. The van der Waals surface area contributed by atoms with Crippen LogP contribution in [0.25, 0.3) is 0 Å². The first-order valence-electron chi connectivity index (χ1n) is 7.76. The minimum Gasteiger partial charge on any atom is -0.493 e. The Kier molecular flexibility index (Phi) is 5.85. The molecule has 0 saturated carbocycles. The molecule has 2 rings (SSSR count). The molecule has 1 aromatic carbocycles. The Balaban J connectivity index is 2.05. The molecule has 1 N–H and O–H groups in total.